The molecule has 0 unspecified atom stereocenters. The Labute approximate surface area is 98.9 Å². The monoisotopic (exact) mass is 269 g/mol. The molecule has 1 aliphatic rings. The molecule has 0 aromatic heterocycles. The number of hydrogen-bond donors (Lipinski definition) is 1. The smallest absolute Gasteiger partial charge is 0.0474 e. The minimum atomic E-state index is 0.245. The van der Waals surface area contributed by atoms with Crippen LogP contribution in [-0.2, 0) is 10.2 Å². The van der Waals surface area contributed by atoms with E-state index in [0.717, 1.165) is 36.2 Å². The number of anilines is 1. The van der Waals surface area contributed by atoms with Crippen LogP contribution < -0.4 is 5.73 Å². The van der Waals surface area contributed by atoms with Crippen molar-refractivity contribution in [1.82, 2.24) is 0 Å². The number of halogens is 1. The minimum Gasteiger partial charge on any atom is -0.398 e. The van der Waals surface area contributed by atoms with Gasteiger partial charge < -0.3 is 10.5 Å². The highest BCUT2D eigenvalue weighted by Gasteiger charge is 2.29. The molecular formula is C12H16BrNO. The molecule has 82 valence electrons. The molecule has 0 spiro atoms. The predicted molar refractivity (Wildman–Crippen MR) is 66.0 cm³/mol. The van der Waals surface area contributed by atoms with Crippen molar-refractivity contribution in [1.29, 1.82) is 0 Å². The molecule has 1 aromatic carbocycles. The van der Waals surface area contributed by atoms with Crippen LogP contribution in [0.3, 0.4) is 0 Å². The topological polar surface area (TPSA) is 35.2 Å². The predicted octanol–water partition coefficient (Wildman–Crippen LogP) is 3.10. The van der Waals surface area contributed by atoms with Gasteiger partial charge in [0.2, 0.25) is 0 Å². The van der Waals surface area contributed by atoms with Crippen molar-refractivity contribution in [2.45, 2.75) is 25.2 Å². The number of nitrogen functional groups attached to an aromatic ring is 1. The number of nitrogens with two attached hydrogens (primary N) is 1. The first-order valence-electron chi connectivity index (χ1n) is 5.25. The van der Waals surface area contributed by atoms with E-state index >= 15 is 0 Å². The van der Waals surface area contributed by atoms with Gasteiger partial charge in [-0.3, -0.25) is 0 Å². The van der Waals surface area contributed by atoms with Crippen molar-refractivity contribution in [2.24, 2.45) is 0 Å². The summed E-state index contributed by atoms with van der Waals surface area (Å²) in [5.74, 6) is 0. The molecule has 0 saturated carbocycles. The van der Waals surface area contributed by atoms with E-state index in [4.69, 9.17) is 10.5 Å². The van der Waals surface area contributed by atoms with Crippen LogP contribution in [0.1, 0.15) is 25.3 Å². The van der Waals surface area contributed by atoms with Crippen LogP contribution in [0.5, 0.6) is 0 Å². The first-order chi connectivity index (χ1) is 7.12. The highest BCUT2D eigenvalue weighted by atomic mass is 79.9. The second kappa shape index (κ2) is 4.14. The van der Waals surface area contributed by atoms with Crippen molar-refractivity contribution >= 4 is 21.6 Å². The second-order valence-corrected chi connectivity index (χ2v) is 5.26. The summed E-state index contributed by atoms with van der Waals surface area (Å²) in [7, 11) is 0. The summed E-state index contributed by atoms with van der Waals surface area (Å²) in [4.78, 5) is 0. The first kappa shape index (κ1) is 11.0. The fourth-order valence-electron chi connectivity index (χ4n) is 2.01. The number of ether oxygens (including phenoxy) is 1. The molecule has 2 rings (SSSR count). The van der Waals surface area contributed by atoms with Crippen molar-refractivity contribution in [3.63, 3.8) is 0 Å². The average Bonchev–Trinajstić information content (AvgIpc) is 2.23. The van der Waals surface area contributed by atoms with Crippen LogP contribution in [-0.4, -0.2) is 13.2 Å². The quantitative estimate of drug-likeness (QED) is 0.796. The first-order valence-corrected chi connectivity index (χ1v) is 6.04. The minimum absolute atomic E-state index is 0.245. The van der Waals surface area contributed by atoms with E-state index in [1.54, 1.807) is 0 Å². The lowest BCUT2D eigenvalue weighted by molar-refractivity contribution is 0.0564. The van der Waals surface area contributed by atoms with Gasteiger partial charge in [-0.15, -0.1) is 0 Å². The van der Waals surface area contributed by atoms with Gasteiger partial charge in [-0.05, 0) is 51.9 Å². The number of benzene rings is 1. The molecule has 0 radical (unpaired) electrons. The van der Waals surface area contributed by atoms with Crippen LogP contribution in [0.4, 0.5) is 5.69 Å². The zero-order valence-electron chi connectivity index (χ0n) is 8.92. The molecule has 1 heterocycles. The van der Waals surface area contributed by atoms with Gasteiger partial charge in [-0.1, -0.05) is 13.0 Å². The van der Waals surface area contributed by atoms with Crippen molar-refractivity contribution in [2.75, 3.05) is 18.9 Å². The molecule has 2 nitrogen and oxygen atoms in total. The molecule has 0 bridgehead atoms. The Kier molecular flexibility index (Phi) is 3.03. The third-order valence-electron chi connectivity index (χ3n) is 3.29. The van der Waals surface area contributed by atoms with E-state index < -0.39 is 0 Å². The molecule has 0 aliphatic carbocycles. The maximum Gasteiger partial charge on any atom is 0.0474 e. The van der Waals surface area contributed by atoms with E-state index in [1.807, 2.05) is 6.07 Å². The summed E-state index contributed by atoms with van der Waals surface area (Å²) >= 11 is 3.48. The maximum atomic E-state index is 5.79. The van der Waals surface area contributed by atoms with Crippen LogP contribution in [0, 0.1) is 0 Å². The summed E-state index contributed by atoms with van der Waals surface area (Å²) < 4.78 is 6.40. The van der Waals surface area contributed by atoms with E-state index in [-0.39, 0.29) is 5.41 Å². The lowest BCUT2D eigenvalue weighted by Crippen LogP contribution is -2.30. The second-order valence-electron chi connectivity index (χ2n) is 4.41. The lowest BCUT2D eigenvalue weighted by atomic mass is 9.76. The number of rotatable bonds is 1. The molecule has 1 aromatic rings. The SMILES string of the molecule is CC1(c2ccc(N)c(Br)c2)CCOCC1. The standard InChI is InChI=1S/C12H16BrNO/c1-12(4-6-15-7-5-12)9-2-3-11(14)10(13)8-9/h2-3,8H,4-7,14H2,1H3. The third kappa shape index (κ3) is 2.18. The Morgan fingerprint density at radius 2 is 2.00 bits per heavy atom. The Balaban J connectivity index is 2.31. The van der Waals surface area contributed by atoms with E-state index in [1.165, 1.54) is 5.56 Å². The Bertz CT molecular complexity index is 359. The molecule has 1 saturated heterocycles. The van der Waals surface area contributed by atoms with Crippen LogP contribution >= 0.6 is 15.9 Å². The van der Waals surface area contributed by atoms with Gasteiger partial charge in [-0.2, -0.15) is 0 Å². The maximum absolute atomic E-state index is 5.79. The molecule has 2 N–H and O–H groups in total. The number of hydrogen-bond acceptors (Lipinski definition) is 2. The Hall–Kier alpha value is -0.540. The zero-order chi connectivity index (χ0) is 10.9. The summed E-state index contributed by atoms with van der Waals surface area (Å²) in [5.41, 5.74) is 8.19. The van der Waals surface area contributed by atoms with Crippen molar-refractivity contribution < 1.29 is 4.74 Å². The van der Waals surface area contributed by atoms with Crippen molar-refractivity contribution in [3.8, 4) is 0 Å². The molecular weight excluding hydrogens is 254 g/mol. The van der Waals surface area contributed by atoms with Gasteiger partial charge in [0.05, 0.1) is 0 Å². The zero-order valence-corrected chi connectivity index (χ0v) is 10.5. The van der Waals surface area contributed by atoms with Crippen LogP contribution in [0.2, 0.25) is 0 Å². The molecule has 0 atom stereocenters. The van der Waals surface area contributed by atoms with E-state index in [0.29, 0.717) is 0 Å². The highest BCUT2D eigenvalue weighted by molar-refractivity contribution is 9.10. The van der Waals surface area contributed by atoms with E-state index in [9.17, 15) is 0 Å². The van der Waals surface area contributed by atoms with Gasteiger partial charge in [0.25, 0.3) is 0 Å². The van der Waals surface area contributed by atoms with Gasteiger partial charge >= 0.3 is 0 Å². The summed E-state index contributed by atoms with van der Waals surface area (Å²) in [6.07, 6.45) is 2.17. The molecule has 1 aliphatic heterocycles. The molecule has 15 heavy (non-hydrogen) atoms. The highest BCUT2D eigenvalue weighted by Crippen LogP contribution is 2.36. The molecule has 0 amide bonds. The largest absolute Gasteiger partial charge is 0.398 e. The fourth-order valence-corrected chi connectivity index (χ4v) is 2.39. The summed E-state index contributed by atoms with van der Waals surface area (Å²) in [6, 6.07) is 6.24. The molecule has 1 fully saturated rings. The average molecular weight is 270 g/mol. The summed E-state index contributed by atoms with van der Waals surface area (Å²) in [5, 5.41) is 0. The van der Waals surface area contributed by atoms with Gasteiger partial charge in [-0.25, -0.2) is 0 Å². The van der Waals surface area contributed by atoms with Gasteiger partial charge in [0.1, 0.15) is 0 Å². The van der Waals surface area contributed by atoms with E-state index in [2.05, 4.69) is 35.0 Å². The van der Waals surface area contributed by atoms with Gasteiger partial charge in [0, 0.05) is 23.4 Å². The Morgan fingerprint density at radius 1 is 1.33 bits per heavy atom. The normalized spacial score (nSPS) is 20.1. The van der Waals surface area contributed by atoms with Crippen LogP contribution in [0.25, 0.3) is 0 Å². The Morgan fingerprint density at radius 3 is 2.60 bits per heavy atom. The fraction of sp³-hybridized carbons (Fsp3) is 0.500. The van der Waals surface area contributed by atoms with Crippen LogP contribution in [0.15, 0.2) is 22.7 Å². The lowest BCUT2D eigenvalue weighted by Gasteiger charge is -2.34. The third-order valence-corrected chi connectivity index (χ3v) is 3.98. The van der Waals surface area contributed by atoms with Crippen molar-refractivity contribution in [3.05, 3.63) is 28.2 Å². The molecule has 3 heteroatoms. The van der Waals surface area contributed by atoms with Gasteiger partial charge in [0.15, 0.2) is 0 Å². The summed E-state index contributed by atoms with van der Waals surface area (Å²) in [6.45, 7) is 4.02.